The Morgan fingerprint density at radius 2 is 1.93 bits per heavy atom. The normalized spacial score (nSPS) is 17.5. The molecule has 2 aliphatic heterocycles. The number of carbonyl (C=O) groups is 2. The molecule has 2 aromatic carbocycles. The number of amides is 2. The van der Waals surface area contributed by atoms with Gasteiger partial charge in [0, 0.05) is 54.3 Å². The summed E-state index contributed by atoms with van der Waals surface area (Å²) in [6.45, 7) is 10.0. The van der Waals surface area contributed by atoms with Gasteiger partial charge in [0.05, 0.1) is 13.2 Å². The smallest absolute Gasteiger partial charge is 0.416 e. The molecule has 3 aromatic rings. The van der Waals surface area contributed by atoms with E-state index in [1.54, 1.807) is 24.0 Å². The summed E-state index contributed by atoms with van der Waals surface area (Å²) in [5.41, 5.74) is 3.64. The van der Waals surface area contributed by atoms with E-state index in [-0.39, 0.29) is 18.3 Å². The molecule has 1 aromatic heterocycles. The molecule has 3 heterocycles. The van der Waals surface area contributed by atoms with E-state index in [1.807, 2.05) is 30.3 Å². The van der Waals surface area contributed by atoms with E-state index in [0.29, 0.717) is 43.5 Å². The van der Waals surface area contributed by atoms with E-state index in [1.165, 1.54) is 18.2 Å². The van der Waals surface area contributed by atoms with Crippen LogP contribution in [0, 0.1) is 0 Å². The number of carbonyl (C=O) groups excluding carboxylic acids is 2. The van der Waals surface area contributed by atoms with Crippen LogP contribution in [0.15, 0.2) is 78.9 Å². The number of halogens is 2. The largest absolute Gasteiger partial charge is 0.484 e. The molecule has 1 unspecified atom stereocenters. The average molecular weight is 623 g/mol. The van der Waals surface area contributed by atoms with Crippen molar-refractivity contribution in [1.29, 1.82) is 0 Å². The number of hydrogen-bond acceptors (Lipinski definition) is 6. The Balaban J connectivity index is 1.30. The molecule has 2 amide bonds. The van der Waals surface area contributed by atoms with Crippen molar-refractivity contribution in [2.75, 3.05) is 52.5 Å². The fourth-order valence-electron chi connectivity index (χ4n) is 5.40. The highest BCUT2D eigenvalue weighted by Gasteiger charge is 2.35. The van der Waals surface area contributed by atoms with Crippen molar-refractivity contribution in [3.8, 4) is 5.75 Å². The number of aromatic nitrogens is 1. The lowest BCUT2D eigenvalue weighted by Gasteiger charge is -2.35. The van der Waals surface area contributed by atoms with Gasteiger partial charge in [0.1, 0.15) is 23.4 Å². The first-order valence-electron chi connectivity index (χ1n) is 14.6. The van der Waals surface area contributed by atoms with E-state index < -0.39 is 18.0 Å². The first-order valence-corrected chi connectivity index (χ1v) is 15.0. The van der Waals surface area contributed by atoms with Gasteiger partial charge in [0.25, 0.3) is 5.91 Å². The van der Waals surface area contributed by atoms with Gasteiger partial charge in [-0.05, 0) is 67.0 Å². The highest BCUT2D eigenvalue weighted by Crippen LogP contribution is 2.40. The van der Waals surface area contributed by atoms with Crippen LogP contribution < -0.4 is 10.1 Å². The standard InChI is InChI=1S/C33H36ClFN4O5/c1-3-25(35)8-4-22(2)44-33(41)39-14-12-27-28-20-24(34)7-11-29(28)37-31(27)32(39)23-5-9-26(10-6-23)43-21-30(40)36-13-15-38-16-18-42-19-17-38/h3-11,20,32,37H,2,12-19,21H2,1H3,(H,36,40)/b8-4-,25-3+. The van der Waals surface area contributed by atoms with Crippen LogP contribution in [-0.2, 0) is 20.7 Å². The molecule has 1 fully saturated rings. The van der Waals surface area contributed by atoms with Gasteiger partial charge < -0.3 is 24.5 Å². The first-order chi connectivity index (χ1) is 21.3. The van der Waals surface area contributed by atoms with Crippen molar-refractivity contribution in [3.63, 3.8) is 0 Å². The lowest BCUT2D eigenvalue weighted by atomic mass is 9.92. The van der Waals surface area contributed by atoms with Crippen molar-refractivity contribution in [2.24, 2.45) is 0 Å². The maximum absolute atomic E-state index is 13.6. The van der Waals surface area contributed by atoms with Crippen molar-refractivity contribution < 1.29 is 28.2 Å². The highest BCUT2D eigenvalue weighted by atomic mass is 35.5. The van der Waals surface area contributed by atoms with E-state index in [4.69, 9.17) is 25.8 Å². The Morgan fingerprint density at radius 3 is 2.68 bits per heavy atom. The number of fused-ring (bicyclic) bond motifs is 3. The summed E-state index contributed by atoms with van der Waals surface area (Å²) < 4.78 is 30.1. The topological polar surface area (TPSA) is 96.1 Å². The van der Waals surface area contributed by atoms with Crippen LogP contribution in [0.5, 0.6) is 5.75 Å². The molecule has 0 saturated carbocycles. The average Bonchev–Trinajstić information content (AvgIpc) is 3.40. The third-order valence-electron chi connectivity index (χ3n) is 7.67. The van der Waals surface area contributed by atoms with Gasteiger partial charge >= 0.3 is 6.09 Å². The molecule has 232 valence electrons. The number of aromatic amines is 1. The second-order valence-corrected chi connectivity index (χ2v) is 11.0. The lowest BCUT2D eigenvalue weighted by Crippen LogP contribution is -2.42. The molecule has 2 aliphatic rings. The number of nitrogens with one attached hydrogen (secondary N) is 2. The lowest BCUT2D eigenvalue weighted by molar-refractivity contribution is -0.123. The third-order valence-corrected chi connectivity index (χ3v) is 7.90. The number of allylic oxidation sites excluding steroid dienone is 4. The highest BCUT2D eigenvalue weighted by molar-refractivity contribution is 6.31. The molecular formula is C33H36ClFN4O5. The van der Waals surface area contributed by atoms with Gasteiger partial charge in [-0.25, -0.2) is 9.18 Å². The van der Waals surface area contributed by atoms with Crippen LogP contribution in [0.1, 0.15) is 29.8 Å². The zero-order valence-electron chi connectivity index (χ0n) is 24.6. The zero-order valence-corrected chi connectivity index (χ0v) is 25.4. The molecule has 0 radical (unpaired) electrons. The number of ether oxygens (including phenoxy) is 3. The van der Waals surface area contributed by atoms with Gasteiger partial charge in [-0.2, -0.15) is 0 Å². The molecule has 1 atom stereocenters. The Hall–Kier alpha value is -4.12. The SMILES string of the molecule is C=C(/C=C\C(F)=C/C)OC(=O)N1CCc2c([nH]c3ccc(Cl)cc23)C1c1ccc(OCC(=O)NCCN2CCOCC2)cc1. The van der Waals surface area contributed by atoms with Crippen molar-refractivity contribution in [2.45, 2.75) is 19.4 Å². The minimum absolute atomic E-state index is 0.0203. The monoisotopic (exact) mass is 622 g/mol. The summed E-state index contributed by atoms with van der Waals surface area (Å²) in [6, 6.07) is 12.4. The Bertz CT molecular complexity index is 1560. The van der Waals surface area contributed by atoms with Crippen LogP contribution in [0.25, 0.3) is 10.9 Å². The quantitative estimate of drug-likeness (QED) is 0.223. The molecule has 1 saturated heterocycles. The van der Waals surface area contributed by atoms with E-state index >= 15 is 0 Å². The number of nitrogens with zero attached hydrogens (tertiary/aromatic N) is 2. The minimum Gasteiger partial charge on any atom is -0.484 e. The minimum atomic E-state index is -0.609. The molecule has 0 spiro atoms. The molecule has 9 nitrogen and oxygen atoms in total. The maximum Gasteiger partial charge on any atom is 0.416 e. The van der Waals surface area contributed by atoms with Gasteiger partial charge in [-0.3, -0.25) is 14.6 Å². The maximum atomic E-state index is 13.6. The van der Waals surface area contributed by atoms with Crippen molar-refractivity contribution in [1.82, 2.24) is 20.1 Å². The van der Waals surface area contributed by atoms with Crippen LogP contribution in [0.2, 0.25) is 5.02 Å². The van der Waals surface area contributed by atoms with Gasteiger partial charge in [-0.1, -0.05) is 36.4 Å². The van der Waals surface area contributed by atoms with E-state index in [0.717, 1.165) is 47.4 Å². The summed E-state index contributed by atoms with van der Waals surface area (Å²) in [7, 11) is 0. The molecule has 11 heteroatoms. The predicted octanol–water partition coefficient (Wildman–Crippen LogP) is 5.68. The van der Waals surface area contributed by atoms with Crippen LogP contribution in [0.3, 0.4) is 0 Å². The van der Waals surface area contributed by atoms with E-state index in [2.05, 4.69) is 21.8 Å². The Labute approximate surface area is 260 Å². The van der Waals surface area contributed by atoms with Crippen molar-refractivity contribution >= 4 is 34.5 Å². The van der Waals surface area contributed by atoms with Gasteiger partial charge in [0.15, 0.2) is 6.61 Å². The van der Waals surface area contributed by atoms with Crippen LogP contribution in [0.4, 0.5) is 9.18 Å². The molecule has 2 N–H and O–H groups in total. The molecule has 0 bridgehead atoms. The predicted molar refractivity (Wildman–Crippen MR) is 167 cm³/mol. The second-order valence-electron chi connectivity index (χ2n) is 10.6. The van der Waals surface area contributed by atoms with Crippen LogP contribution in [-0.4, -0.2) is 79.3 Å². The number of morpholine rings is 1. The summed E-state index contributed by atoms with van der Waals surface area (Å²) in [5.74, 6) is -0.122. The second kappa shape index (κ2) is 14.6. The molecule has 5 rings (SSSR count). The molecular weight excluding hydrogens is 587 g/mol. The first kappa shape index (κ1) is 31.3. The number of benzene rings is 2. The third kappa shape index (κ3) is 7.68. The fraction of sp³-hybridized carbons (Fsp3) is 0.333. The number of H-pyrrole nitrogens is 1. The van der Waals surface area contributed by atoms with Crippen LogP contribution >= 0.6 is 11.6 Å². The van der Waals surface area contributed by atoms with Gasteiger partial charge in [-0.15, -0.1) is 0 Å². The number of hydrogen-bond donors (Lipinski definition) is 2. The van der Waals surface area contributed by atoms with Crippen molar-refractivity contribution in [3.05, 3.63) is 101 Å². The summed E-state index contributed by atoms with van der Waals surface area (Å²) in [4.78, 5) is 33.1. The Morgan fingerprint density at radius 1 is 1.16 bits per heavy atom. The zero-order chi connectivity index (χ0) is 31.1. The van der Waals surface area contributed by atoms with E-state index in [9.17, 15) is 14.0 Å². The molecule has 0 aliphatic carbocycles. The fourth-order valence-corrected chi connectivity index (χ4v) is 5.57. The summed E-state index contributed by atoms with van der Waals surface area (Å²) >= 11 is 6.31. The Kier molecular flexibility index (Phi) is 10.4. The molecule has 44 heavy (non-hydrogen) atoms. The number of rotatable bonds is 10. The summed E-state index contributed by atoms with van der Waals surface area (Å²) in [6.07, 6.45) is 3.77. The van der Waals surface area contributed by atoms with Gasteiger partial charge in [0.2, 0.25) is 0 Å². The summed E-state index contributed by atoms with van der Waals surface area (Å²) in [5, 5.41) is 4.51.